The molecule has 0 saturated heterocycles. The molecule has 0 radical (unpaired) electrons. The highest BCUT2D eigenvalue weighted by Gasteiger charge is 2.54. The molecule has 0 aliphatic heterocycles. The molecule has 2 aliphatic rings. The Balaban J connectivity index is 1.68. The molecule has 5 unspecified atom stereocenters. The maximum absolute atomic E-state index is 2.49. The van der Waals surface area contributed by atoms with Crippen LogP contribution in [0.2, 0.25) is 0 Å². The smallest absolute Gasteiger partial charge is 0.0352 e. The lowest BCUT2D eigenvalue weighted by Gasteiger charge is -2.32. The highest BCUT2D eigenvalue weighted by atomic mass is 14.6. The minimum absolute atomic E-state index is 0.970. The summed E-state index contributed by atoms with van der Waals surface area (Å²) in [5.74, 6) is 5.49. The average molecular weight is 180 g/mol. The fourth-order valence-electron chi connectivity index (χ4n) is 3.47. The lowest BCUT2D eigenvalue weighted by molar-refractivity contribution is 0.172. The summed E-state index contributed by atoms with van der Waals surface area (Å²) >= 11 is 0. The Bertz CT molecular complexity index is 173. The van der Waals surface area contributed by atoms with Gasteiger partial charge in [0.1, 0.15) is 0 Å². The zero-order chi connectivity index (χ0) is 9.42. The van der Waals surface area contributed by atoms with E-state index in [1.807, 2.05) is 0 Å². The quantitative estimate of drug-likeness (QED) is 0.597. The summed E-state index contributed by atoms with van der Waals surface area (Å²) in [6.45, 7) is 7.23. The van der Waals surface area contributed by atoms with Crippen molar-refractivity contribution in [2.75, 3.05) is 0 Å². The van der Waals surface area contributed by atoms with Crippen LogP contribution in [-0.4, -0.2) is 0 Å². The summed E-state index contributed by atoms with van der Waals surface area (Å²) in [6.07, 6.45) is 7.44. The second-order valence-electron chi connectivity index (χ2n) is 5.67. The maximum atomic E-state index is 2.49. The topological polar surface area (TPSA) is 0 Å². The van der Waals surface area contributed by atoms with Crippen molar-refractivity contribution in [2.45, 2.75) is 52.9 Å². The third-order valence-corrected chi connectivity index (χ3v) is 4.39. The second-order valence-corrected chi connectivity index (χ2v) is 5.67. The number of fused-ring (bicyclic) bond motifs is 1. The molecule has 0 heterocycles. The van der Waals surface area contributed by atoms with Gasteiger partial charge in [0.05, 0.1) is 0 Å². The van der Waals surface area contributed by atoms with Crippen LogP contribution in [0, 0.1) is 29.6 Å². The molecule has 5 atom stereocenters. The van der Waals surface area contributed by atoms with Crippen molar-refractivity contribution in [2.24, 2.45) is 29.6 Å². The van der Waals surface area contributed by atoms with E-state index in [0.717, 1.165) is 17.8 Å². The fourth-order valence-corrected chi connectivity index (χ4v) is 3.47. The van der Waals surface area contributed by atoms with Gasteiger partial charge in [-0.2, -0.15) is 0 Å². The van der Waals surface area contributed by atoms with Gasteiger partial charge in [0.2, 0.25) is 0 Å². The van der Waals surface area contributed by atoms with Crippen LogP contribution in [-0.2, 0) is 0 Å². The monoisotopic (exact) mass is 180 g/mol. The van der Waals surface area contributed by atoms with Gasteiger partial charge in [-0.15, -0.1) is 0 Å². The van der Waals surface area contributed by atoms with Gasteiger partial charge in [0.25, 0.3) is 0 Å². The van der Waals surface area contributed by atoms with Gasteiger partial charge in [-0.25, -0.2) is 0 Å². The zero-order valence-corrected chi connectivity index (χ0v) is 9.42. The lowest BCUT2D eigenvalue weighted by Crippen LogP contribution is -2.24. The second kappa shape index (κ2) is 3.63. The van der Waals surface area contributed by atoms with Crippen LogP contribution >= 0.6 is 0 Å². The number of hydrogen-bond donors (Lipinski definition) is 0. The van der Waals surface area contributed by atoms with Gasteiger partial charge in [0.15, 0.2) is 0 Å². The highest BCUT2D eigenvalue weighted by molar-refractivity contribution is 5.03. The zero-order valence-electron chi connectivity index (χ0n) is 9.42. The van der Waals surface area contributed by atoms with Crippen LogP contribution in [0.1, 0.15) is 52.9 Å². The minimum atomic E-state index is 0.970. The SMILES string of the molecule is CCCC(C)CC(C)C1CC2CC21. The van der Waals surface area contributed by atoms with Crippen molar-refractivity contribution < 1.29 is 0 Å². The third kappa shape index (κ3) is 1.92. The normalized spacial score (nSPS) is 40.4. The molecule has 2 aliphatic carbocycles. The molecule has 0 amide bonds. The number of rotatable bonds is 5. The van der Waals surface area contributed by atoms with E-state index in [1.165, 1.54) is 31.1 Å². The van der Waals surface area contributed by atoms with Crippen molar-refractivity contribution in [1.82, 2.24) is 0 Å². The lowest BCUT2D eigenvalue weighted by atomic mass is 9.73. The largest absolute Gasteiger partial charge is 0.0654 e. The van der Waals surface area contributed by atoms with E-state index in [0.29, 0.717) is 0 Å². The van der Waals surface area contributed by atoms with Crippen molar-refractivity contribution in [3.63, 3.8) is 0 Å². The van der Waals surface area contributed by atoms with E-state index in [4.69, 9.17) is 0 Å². The van der Waals surface area contributed by atoms with Crippen LogP contribution in [0.15, 0.2) is 0 Å². The Morgan fingerprint density at radius 2 is 2.00 bits per heavy atom. The molecule has 13 heavy (non-hydrogen) atoms. The molecule has 0 spiro atoms. The molecule has 2 saturated carbocycles. The Morgan fingerprint density at radius 1 is 1.23 bits per heavy atom. The van der Waals surface area contributed by atoms with Crippen molar-refractivity contribution in [1.29, 1.82) is 0 Å². The molecule has 2 fully saturated rings. The molecule has 0 nitrogen and oxygen atoms in total. The molecule has 0 heteroatoms. The van der Waals surface area contributed by atoms with Crippen molar-refractivity contribution in [3.8, 4) is 0 Å². The molecule has 0 aromatic carbocycles. The van der Waals surface area contributed by atoms with Gasteiger partial charge in [-0.3, -0.25) is 0 Å². The Kier molecular flexibility index (Phi) is 2.67. The van der Waals surface area contributed by atoms with E-state index in [-0.39, 0.29) is 0 Å². The highest BCUT2D eigenvalue weighted by Crippen LogP contribution is 2.62. The van der Waals surface area contributed by atoms with Gasteiger partial charge < -0.3 is 0 Å². The summed E-state index contributed by atoms with van der Waals surface area (Å²) in [7, 11) is 0. The molecule has 0 bridgehead atoms. The number of hydrogen-bond acceptors (Lipinski definition) is 0. The third-order valence-electron chi connectivity index (χ3n) is 4.39. The first-order valence-electron chi connectivity index (χ1n) is 6.22. The summed E-state index contributed by atoms with van der Waals surface area (Å²) in [4.78, 5) is 0. The molecule has 2 rings (SSSR count). The first kappa shape index (κ1) is 9.55. The summed E-state index contributed by atoms with van der Waals surface area (Å²) in [5.41, 5.74) is 0. The molecule has 76 valence electrons. The summed E-state index contributed by atoms with van der Waals surface area (Å²) in [5, 5.41) is 0. The van der Waals surface area contributed by atoms with Gasteiger partial charge in [-0.05, 0) is 48.9 Å². The Labute approximate surface area is 83.1 Å². The fraction of sp³-hybridized carbons (Fsp3) is 1.00. The van der Waals surface area contributed by atoms with Crippen LogP contribution in [0.5, 0.6) is 0 Å². The van der Waals surface area contributed by atoms with Crippen LogP contribution in [0.4, 0.5) is 0 Å². The van der Waals surface area contributed by atoms with E-state index in [2.05, 4.69) is 20.8 Å². The minimum Gasteiger partial charge on any atom is -0.0654 e. The Hall–Kier alpha value is 0. The Morgan fingerprint density at radius 3 is 2.46 bits per heavy atom. The summed E-state index contributed by atoms with van der Waals surface area (Å²) < 4.78 is 0. The molecular formula is C13H24. The van der Waals surface area contributed by atoms with Crippen LogP contribution in [0.25, 0.3) is 0 Å². The molecule has 0 N–H and O–H groups in total. The van der Waals surface area contributed by atoms with Crippen LogP contribution in [0.3, 0.4) is 0 Å². The predicted octanol–water partition coefficient (Wildman–Crippen LogP) is 4.10. The van der Waals surface area contributed by atoms with Crippen molar-refractivity contribution in [3.05, 3.63) is 0 Å². The van der Waals surface area contributed by atoms with E-state index >= 15 is 0 Å². The van der Waals surface area contributed by atoms with Crippen molar-refractivity contribution >= 4 is 0 Å². The molecular weight excluding hydrogens is 156 g/mol. The predicted molar refractivity (Wildman–Crippen MR) is 57.6 cm³/mol. The van der Waals surface area contributed by atoms with E-state index in [1.54, 1.807) is 12.8 Å². The van der Waals surface area contributed by atoms with Gasteiger partial charge in [0, 0.05) is 0 Å². The van der Waals surface area contributed by atoms with Gasteiger partial charge >= 0.3 is 0 Å². The maximum Gasteiger partial charge on any atom is -0.0352 e. The average Bonchev–Trinajstić information content (AvgIpc) is 2.61. The first-order valence-corrected chi connectivity index (χ1v) is 6.22. The molecule has 0 aromatic rings. The summed E-state index contributed by atoms with van der Waals surface area (Å²) in [6, 6.07) is 0. The van der Waals surface area contributed by atoms with E-state index in [9.17, 15) is 0 Å². The van der Waals surface area contributed by atoms with Gasteiger partial charge in [-0.1, -0.05) is 33.6 Å². The van der Waals surface area contributed by atoms with E-state index < -0.39 is 0 Å². The standard InChI is InChI=1S/C13H24/c1-4-5-9(2)6-10(3)12-7-11-8-13(11)12/h9-13H,4-8H2,1-3H3. The molecule has 0 aromatic heterocycles. The first-order chi connectivity index (χ1) is 6.22. The van der Waals surface area contributed by atoms with Crippen LogP contribution < -0.4 is 0 Å².